The number of primary amides is 1. The van der Waals surface area contributed by atoms with Gasteiger partial charge in [0.05, 0.1) is 5.56 Å². The second-order valence-corrected chi connectivity index (χ2v) is 10.4. The zero-order valence-electron chi connectivity index (χ0n) is 14.8. The summed E-state index contributed by atoms with van der Waals surface area (Å²) in [5, 5.41) is 9.02. The van der Waals surface area contributed by atoms with Crippen molar-refractivity contribution in [1.82, 2.24) is 10.6 Å². The van der Waals surface area contributed by atoms with Gasteiger partial charge in [0, 0.05) is 10.8 Å². The molecule has 0 saturated heterocycles. The molecule has 0 aromatic carbocycles. The van der Waals surface area contributed by atoms with Crippen molar-refractivity contribution >= 4 is 80.3 Å². The van der Waals surface area contributed by atoms with Crippen molar-refractivity contribution in [2.75, 3.05) is 5.32 Å². The number of nitrogens with two attached hydrogens (primary N) is 1. The first kappa shape index (κ1) is 22.5. The molecule has 1 aromatic rings. The predicted octanol–water partition coefficient (Wildman–Crippen LogP) is 3.48. The number of hydrogen-bond acceptors (Lipinski definition) is 4. The maximum Gasteiger partial charge on any atom is 0.251 e. The van der Waals surface area contributed by atoms with Crippen molar-refractivity contribution in [3.8, 4) is 0 Å². The molecule has 0 saturated carbocycles. The van der Waals surface area contributed by atoms with Gasteiger partial charge in [-0.05, 0) is 43.5 Å². The molecule has 0 aliphatic heterocycles. The van der Waals surface area contributed by atoms with Crippen LogP contribution < -0.4 is 21.7 Å². The highest BCUT2D eigenvalue weighted by Gasteiger charge is 2.35. The zero-order valence-corrected chi connectivity index (χ0v) is 18.7. The number of thiocarbonyl (C=S) groups is 1. The molecule has 5 N–H and O–H groups in total. The lowest BCUT2D eigenvalue weighted by Gasteiger charge is -2.28. The Bertz CT molecular complexity index is 747. The Morgan fingerprint density at radius 3 is 2.37 bits per heavy atom. The van der Waals surface area contributed by atoms with E-state index in [1.165, 1.54) is 11.3 Å². The van der Waals surface area contributed by atoms with Gasteiger partial charge in [-0.2, -0.15) is 0 Å². The number of anilines is 1. The van der Waals surface area contributed by atoms with Crippen molar-refractivity contribution in [2.24, 2.45) is 11.7 Å². The third-order valence-corrected chi connectivity index (χ3v) is 6.14. The molecular weight excluding hydrogens is 451 g/mol. The highest BCUT2D eigenvalue weighted by atomic mass is 35.6. The average Bonchev–Trinajstić information content (AvgIpc) is 2.90. The van der Waals surface area contributed by atoms with E-state index in [9.17, 15) is 9.59 Å². The lowest BCUT2D eigenvalue weighted by Crippen LogP contribution is -2.56. The third kappa shape index (κ3) is 5.84. The molecule has 1 atom stereocenters. The molecule has 11 heteroatoms. The summed E-state index contributed by atoms with van der Waals surface area (Å²) in [6.45, 7) is 3.44. The Hall–Kier alpha value is -0.800. The van der Waals surface area contributed by atoms with Gasteiger partial charge in [0.1, 0.15) is 11.2 Å². The van der Waals surface area contributed by atoms with Crippen LogP contribution in [0.1, 0.15) is 47.5 Å². The monoisotopic (exact) mass is 470 g/mol. The van der Waals surface area contributed by atoms with Crippen molar-refractivity contribution in [3.63, 3.8) is 0 Å². The summed E-state index contributed by atoms with van der Waals surface area (Å²) >= 11 is 24.6. The molecule has 0 bridgehead atoms. The van der Waals surface area contributed by atoms with Crippen LogP contribution in [0.4, 0.5) is 5.00 Å². The van der Waals surface area contributed by atoms with E-state index in [0.29, 0.717) is 10.6 Å². The number of carbonyl (C=O) groups is 2. The molecule has 0 fully saturated rings. The van der Waals surface area contributed by atoms with Crippen LogP contribution in [0.3, 0.4) is 0 Å². The van der Waals surface area contributed by atoms with Crippen LogP contribution in [0.2, 0.25) is 0 Å². The van der Waals surface area contributed by atoms with Crippen LogP contribution in [0.15, 0.2) is 0 Å². The van der Waals surface area contributed by atoms with Crippen LogP contribution in [-0.4, -0.2) is 26.9 Å². The quantitative estimate of drug-likeness (QED) is 0.299. The van der Waals surface area contributed by atoms with Crippen LogP contribution in [0.5, 0.6) is 0 Å². The summed E-state index contributed by atoms with van der Waals surface area (Å²) in [6.07, 6.45) is 2.76. The normalized spacial score (nSPS) is 15.0. The minimum atomic E-state index is -1.84. The molecule has 0 radical (unpaired) electrons. The number of aryl methyl sites for hydroxylation is 1. The molecule has 27 heavy (non-hydrogen) atoms. The summed E-state index contributed by atoms with van der Waals surface area (Å²) in [7, 11) is 0. The highest BCUT2D eigenvalue weighted by Crippen LogP contribution is 2.38. The summed E-state index contributed by atoms with van der Waals surface area (Å²) in [5.74, 6) is -1.11. The van der Waals surface area contributed by atoms with Gasteiger partial charge in [-0.3, -0.25) is 9.59 Å². The van der Waals surface area contributed by atoms with Gasteiger partial charge in [-0.25, -0.2) is 0 Å². The number of hydrogen-bond donors (Lipinski definition) is 4. The maximum atomic E-state index is 12.0. The molecular formula is C16H21Cl3N4O2S2. The molecule has 2 amide bonds. The van der Waals surface area contributed by atoms with E-state index in [2.05, 4.69) is 16.0 Å². The Morgan fingerprint density at radius 1 is 1.19 bits per heavy atom. The molecule has 0 spiro atoms. The van der Waals surface area contributed by atoms with E-state index in [1.54, 1.807) is 13.8 Å². The van der Waals surface area contributed by atoms with Crippen molar-refractivity contribution in [3.05, 3.63) is 16.0 Å². The molecule has 1 heterocycles. The minimum Gasteiger partial charge on any atom is -0.365 e. The van der Waals surface area contributed by atoms with Gasteiger partial charge in [-0.15, -0.1) is 11.3 Å². The fourth-order valence-corrected chi connectivity index (χ4v) is 4.60. The summed E-state index contributed by atoms with van der Waals surface area (Å²) < 4.78 is -1.84. The standard InChI is InChI=1S/C16H21Cl3N4O2S2/c1-7(2)12(25)21-14(16(17,18)19)23-15(26)22-13-10(11(20)24)8-5-3-4-6-9(8)27-13/h7,14H,3-6H2,1-2H3,(H2,20,24)(H,21,25)(H2,22,23,26)/t14-/m0/s1. The molecule has 1 aromatic heterocycles. The Balaban J connectivity index is 2.17. The number of alkyl halides is 3. The minimum absolute atomic E-state index is 0.108. The number of amides is 2. The van der Waals surface area contributed by atoms with E-state index in [-0.39, 0.29) is 16.9 Å². The molecule has 0 unspecified atom stereocenters. The van der Waals surface area contributed by atoms with E-state index >= 15 is 0 Å². The van der Waals surface area contributed by atoms with Crippen molar-refractivity contribution in [2.45, 2.75) is 49.5 Å². The van der Waals surface area contributed by atoms with Crippen LogP contribution in [0, 0.1) is 5.92 Å². The maximum absolute atomic E-state index is 12.0. The Labute approximate surface area is 182 Å². The van der Waals surface area contributed by atoms with Crippen molar-refractivity contribution < 1.29 is 9.59 Å². The molecule has 1 aliphatic rings. The van der Waals surface area contributed by atoms with Crippen LogP contribution in [0.25, 0.3) is 0 Å². The molecule has 2 rings (SSSR count). The van der Waals surface area contributed by atoms with E-state index in [4.69, 9.17) is 52.8 Å². The number of halogens is 3. The van der Waals surface area contributed by atoms with E-state index < -0.39 is 15.9 Å². The Kier molecular flexibility index (Phi) is 7.61. The van der Waals surface area contributed by atoms with E-state index in [0.717, 1.165) is 36.1 Å². The van der Waals surface area contributed by atoms with Gasteiger partial charge < -0.3 is 21.7 Å². The van der Waals surface area contributed by atoms with Crippen molar-refractivity contribution in [1.29, 1.82) is 0 Å². The first-order chi connectivity index (χ1) is 12.5. The highest BCUT2D eigenvalue weighted by molar-refractivity contribution is 7.80. The molecule has 1 aliphatic carbocycles. The largest absolute Gasteiger partial charge is 0.365 e. The smallest absolute Gasteiger partial charge is 0.251 e. The second kappa shape index (κ2) is 9.13. The number of fused-ring (bicyclic) bond motifs is 1. The first-order valence-corrected chi connectivity index (χ1v) is 10.8. The summed E-state index contributed by atoms with van der Waals surface area (Å²) in [4.78, 5) is 25.0. The number of thiophene rings is 1. The zero-order chi connectivity index (χ0) is 20.4. The first-order valence-electron chi connectivity index (χ1n) is 8.39. The average molecular weight is 472 g/mol. The summed E-state index contributed by atoms with van der Waals surface area (Å²) in [5.41, 5.74) is 7.01. The van der Waals surface area contributed by atoms with Crippen LogP contribution >= 0.6 is 58.4 Å². The predicted molar refractivity (Wildman–Crippen MR) is 116 cm³/mol. The number of carbonyl (C=O) groups excluding carboxylic acids is 2. The topological polar surface area (TPSA) is 96.2 Å². The van der Waals surface area contributed by atoms with E-state index in [1.807, 2.05) is 0 Å². The number of nitrogens with one attached hydrogen (secondary N) is 3. The van der Waals surface area contributed by atoms with Gasteiger partial charge in [-0.1, -0.05) is 48.7 Å². The fourth-order valence-electron chi connectivity index (χ4n) is 2.69. The van der Waals surface area contributed by atoms with Gasteiger partial charge in [0.15, 0.2) is 5.11 Å². The fraction of sp³-hybridized carbons (Fsp3) is 0.562. The Morgan fingerprint density at radius 2 is 1.81 bits per heavy atom. The third-order valence-electron chi connectivity index (χ3n) is 4.06. The summed E-state index contributed by atoms with van der Waals surface area (Å²) in [6, 6.07) is 0. The lowest BCUT2D eigenvalue weighted by atomic mass is 9.95. The van der Waals surface area contributed by atoms with Gasteiger partial charge in [0.2, 0.25) is 9.70 Å². The molecule has 6 nitrogen and oxygen atoms in total. The molecule has 150 valence electrons. The van der Waals surface area contributed by atoms with Gasteiger partial charge in [0.25, 0.3) is 5.91 Å². The SMILES string of the molecule is CC(C)C(=O)N[C@@H](NC(=S)Nc1sc2c(c1C(N)=O)CCCC2)C(Cl)(Cl)Cl. The number of rotatable bonds is 5. The lowest BCUT2D eigenvalue weighted by molar-refractivity contribution is -0.124. The van der Waals surface area contributed by atoms with Crippen LogP contribution in [-0.2, 0) is 17.6 Å². The second-order valence-electron chi connectivity index (χ2n) is 6.52. The van der Waals surface area contributed by atoms with Gasteiger partial charge >= 0.3 is 0 Å².